The maximum Gasteiger partial charge on any atom is 0.309 e. The zero-order chi connectivity index (χ0) is 10.8. The van der Waals surface area contributed by atoms with E-state index in [1.807, 2.05) is 0 Å². The number of fused-ring (bicyclic) bond motifs is 1. The van der Waals surface area contributed by atoms with Gasteiger partial charge in [-0.1, -0.05) is 6.07 Å². The Hall–Kier alpha value is -2.04. The van der Waals surface area contributed by atoms with Crippen molar-refractivity contribution >= 4 is 16.9 Å². The van der Waals surface area contributed by atoms with Gasteiger partial charge in [-0.15, -0.1) is 0 Å². The van der Waals surface area contributed by atoms with Crippen molar-refractivity contribution in [1.29, 1.82) is 0 Å². The van der Waals surface area contributed by atoms with Crippen molar-refractivity contribution in [2.24, 2.45) is 0 Å². The normalized spacial score (nSPS) is 10.5. The van der Waals surface area contributed by atoms with Crippen molar-refractivity contribution in [3.05, 3.63) is 36.0 Å². The molecule has 76 valence electrons. The number of nitrogens with zero attached hydrogens (tertiary/aromatic N) is 2. The molecule has 0 fully saturated rings. The molecule has 1 aromatic heterocycles. The summed E-state index contributed by atoms with van der Waals surface area (Å²) in [6.07, 6.45) is 0.931. The van der Waals surface area contributed by atoms with E-state index < -0.39 is 11.8 Å². The molecule has 0 bridgehead atoms. The van der Waals surface area contributed by atoms with Crippen LogP contribution in [0.1, 0.15) is 5.69 Å². The van der Waals surface area contributed by atoms with E-state index in [0.29, 0.717) is 5.52 Å². The smallest absolute Gasteiger partial charge is 0.309 e. The summed E-state index contributed by atoms with van der Waals surface area (Å²) in [5.74, 6) is -1.54. The van der Waals surface area contributed by atoms with Gasteiger partial charge >= 0.3 is 5.97 Å². The van der Waals surface area contributed by atoms with Crippen LogP contribution in [0.4, 0.5) is 4.39 Å². The lowest BCUT2D eigenvalue weighted by molar-refractivity contribution is -0.136. The van der Waals surface area contributed by atoms with Crippen molar-refractivity contribution in [3.8, 4) is 0 Å². The van der Waals surface area contributed by atoms with E-state index in [2.05, 4.69) is 9.97 Å². The third-order valence-electron chi connectivity index (χ3n) is 2.01. The Morgan fingerprint density at radius 2 is 2.20 bits per heavy atom. The summed E-state index contributed by atoms with van der Waals surface area (Å²) >= 11 is 0. The molecule has 0 amide bonds. The SMILES string of the molecule is O=C(O)Cc1ncnc2cccc(F)c12. The molecule has 1 aromatic carbocycles. The number of aromatic nitrogens is 2. The van der Waals surface area contributed by atoms with Gasteiger partial charge in [0.2, 0.25) is 0 Å². The van der Waals surface area contributed by atoms with Gasteiger partial charge in [0.05, 0.1) is 23.0 Å². The zero-order valence-electron chi connectivity index (χ0n) is 7.64. The lowest BCUT2D eigenvalue weighted by Gasteiger charge is -2.02. The highest BCUT2D eigenvalue weighted by molar-refractivity contribution is 5.84. The summed E-state index contributed by atoms with van der Waals surface area (Å²) in [5.41, 5.74) is 0.617. The van der Waals surface area contributed by atoms with Crippen LogP contribution in [0.3, 0.4) is 0 Å². The first kappa shape index (κ1) is 9.51. The standard InChI is InChI=1S/C10H7FN2O2/c11-6-2-1-3-7-10(6)8(4-9(14)15)13-5-12-7/h1-3,5H,4H2,(H,14,15). The monoisotopic (exact) mass is 206 g/mol. The maximum absolute atomic E-state index is 13.4. The van der Waals surface area contributed by atoms with Gasteiger partial charge in [0, 0.05) is 0 Å². The number of carbonyl (C=O) groups is 1. The van der Waals surface area contributed by atoms with Gasteiger partial charge in [-0.05, 0) is 12.1 Å². The van der Waals surface area contributed by atoms with Crippen LogP contribution in [-0.2, 0) is 11.2 Å². The van der Waals surface area contributed by atoms with E-state index in [1.165, 1.54) is 18.5 Å². The Labute approximate surface area is 84.4 Å². The lowest BCUT2D eigenvalue weighted by atomic mass is 10.1. The molecule has 0 saturated carbocycles. The van der Waals surface area contributed by atoms with E-state index >= 15 is 0 Å². The molecule has 0 spiro atoms. The fraction of sp³-hybridized carbons (Fsp3) is 0.100. The van der Waals surface area contributed by atoms with E-state index in [-0.39, 0.29) is 17.5 Å². The molecular formula is C10H7FN2O2. The zero-order valence-corrected chi connectivity index (χ0v) is 7.64. The second-order valence-corrected chi connectivity index (χ2v) is 3.02. The van der Waals surface area contributed by atoms with Crippen molar-refractivity contribution in [2.75, 3.05) is 0 Å². The average Bonchev–Trinajstić information content (AvgIpc) is 2.17. The first-order valence-electron chi connectivity index (χ1n) is 4.28. The fourth-order valence-corrected chi connectivity index (χ4v) is 1.41. The molecule has 0 unspecified atom stereocenters. The summed E-state index contributed by atoms with van der Waals surface area (Å²) in [7, 11) is 0. The number of halogens is 1. The topological polar surface area (TPSA) is 63.1 Å². The summed E-state index contributed by atoms with van der Waals surface area (Å²) in [5, 5.41) is 8.82. The highest BCUT2D eigenvalue weighted by atomic mass is 19.1. The minimum absolute atomic E-state index is 0.183. The van der Waals surface area contributed by atoms with Crippen molar-refractivity contribution in [1.82, 2.24) is 9.97 Å². The minimum Gasteiger partial charge on any atom is -0.481 e. The van der Waals surface area contributed by atoms with Crippen LogP contribution in [0.5, 0.6) is 0 Å². The summed E-state index contributed by atoms with van der Waals surface area (Å²) in [6.45, 7) is 0. The molecule has 15 heavy (non-hydrogen) atoms. The third-order valence-corrected chi connectivity index (χ3v) is 2.01. The van der Waals surface area contributed by atoms with Crippen LogP contribution >= 0.6 is 0 Å². The van der Waals surface area contributed by atoms with E-state index in [9.17, 15) is 9.18 Å². The lowest BCUT2D eigenvalue weighted by Crippen LogP contribution is -2.04. The Kier molecular flexibility index (Phi) is 2.29. The number of benzene rings is 1. The molecule has 0 aliphatic heterocycles. The molecule has 0 radical (unpaired) electrons. The minimum atomic E-state index is -1.04. The van der Waals surface area contributed by atoms with Crippen molar-refractivity contribution < 1.29 is 14.3 Å². The summed E-state index contributed by atoms with van der Waals surface area (Å²) in [6, 6.07) is 4.40. The second kappa shape index (κ2) is 3.61. The number of hydrogen-bond donors (Lipinski definition) is 1. The Morgan fingerprint density at radius 1 is 1.40 bits per heavy atom. The van der Waals surface area contributed by atoms with E-state index in [1.54, 1.807) is 6.07 Å². The molecule has 4 nitrogen and oxygen atoms in total. The molecule has 5 heteroatoms. The highest BCUT2D eigenvalue weighted by Gasteiger charge is 2.11. The van der Waals surface area contributed by atoms with Crippen LogP contribution < -0.4 is 0 Å². The predicted octanol–water partition coefficient (Wildman–Crippen LogP) is 1.40. The van der Waals surface area contributed by atoms with E-state index in [4.69, 9.17) is 5.11 Å². The number of carboxylic acid groups (broad SMARTS) is 1. The third kappa shape index (κ3) is 1.76. The van der Waals surface area contributed by atoms with Crippen LogP contribution in [0.25, 0.3) is 10.9 Å². The highest BCUT2D eigenvalue weighted by Crippen LogP contribution is 2.18. The average molecular weight is 206 g/mol. The predicted molar refractivity (Wildman–Crippen MR) is 50.8 cm³/mol. The Balaban J connectivity index is 2.68. The number of rotatable bonds is 2. The Bertz CT molecular complexity index is 523. The number of carboxylic acids is 1. The molecule has 1 heterocycles. The molecule has 0 aliphatic rings. The van der Waals surface area contributed by atoms with Gasteiger partial charge in [-0.3, -0.25) is 4.79 Å². The maximum atomic E-state index is 13.4. The molecule has 0 aliphatic carbocycles. The van der Waals surface area contributed by atoms with E-state index in [0.717, 1.165) is 0 Å². The molecule has 1 N–H and O–H groups in total. The summed E-state index contributed by atoms with van der Waals surface area (Å²) in [4.78, 5) is 18.2. The van der Waals surface area contributed by atoms with Gasteiger partial charge in [-0.2, -0.15) is 0 Å². The van der Waals surface area contributed by atoms with Crippen LogP contribution in [0, 0.1) is 5.82 Å². The Morgan fingerprint density at radius 3 is 2.93 bits per heavy atom. The fourth-order valence-electron chi connectivity index (χ4n) is 1.41. The number of aliphatic carboxylic acids is 1. The van der Waals surface area contributed by atoms with Crippen LogP contribution in [-0.4, -0.2) is 21.0 Å². The van der Waals surface area contributed by atoms with Crippen molar-refractivity contribution in [3.63, 3.8) is 0 Å². The van der Waals surface area contributed by atoms with Gasteiger partial charge in [0.15, 0.2) is 0 Å². The van der Waals surface area contributed by atoms with Crippen LogP contribution in [0.15, 0.2) is 24.5 Å². The van der Waals surface area contributed by atoms with Gasteiger partial charge in [0.25, 0.3) is 0 Å². The first-order valence-corrected chi connectivity index (χ1v) is 4.28. The number of hydrogen-bond acceptors (Lipinski definition) is 3. The largest absolute Gasteiger partial charge is 0.481 e. The van der Waals surface area contributed by atoms with Crippen LogP contribution in [0.2, 0.25) is 0 Å². The van der Waals surface area contributed by atoms with Gasteiger partial charge in [0.1, 0.15) is 12.1 Å². The van der Waals surface area contributed by atoms with Gasteiger partial charge in [-0.25, -0.2) is 14.4 Å². The molecule has 0 atom stereocenters. The second-order valence-electron chi connectivity index (χ2n) is 3.02. The molecule has 2 aromatic rings. The van der Waals surface area contributed by atoms with Gasteiger partial charge < -0.3 is 5.11 Å². The van der Waals surface area contributed by atoms with Crippen molar-refractivity contribution in [2.45, 2.75) is 6.42 Å². The quantitative estimate of drug-likeness (QED) is 0.806. The summed E-state index contributed by atoms with van der Waals surface area (Å²) < 4.78 is 13.4. The molecular weight excluding hydrogens is 199 g/mol. The first-order chi connectivity index (χ1) is 7.18. The molecule has 2 rings (SSSR count). The molecule has 0 saturated heterocycles.